The van der Waals surface area contributed by atoms with Gasteiger partial charge < -0.3 is 14.8 Å². The van der Waals surface area contributed by atoms with Crippen LogP contribution in [0.1, 0.15) is 18.1 Å². The van der Waals surface area contributed by atoms with Gasteiger partial charge in [0.1, 0.15) is 11.5 Å². The van der Waals surface area contributed by atoms with Crippen molar-refractivity contribution in [2.45, 2.75) is 32.7 Å². The van der Waals surface area contributed by atoms with Crippen LogP contribution in [-0.4, -0.2) is 24.8 Å². The average molecular weight is 367 g/mol. The maximum atomic E-state index is 12.1. The van der Waals surface area contributed by atoms with Gasteiger partial charge in [0.15, 0.2) is 12.7 Å². The Balaban J connectivity index is 1.81. The molecular formula is C19H20F3NO3. The first kappa shape index (κ1) is 19.6. The lowest BCUT2D eigenvalue weighted by atomic mass is 10.2. The number of aryl methyl sites for hydroxylation is 1. The molecule has 7 heteroatoms. The van der Waals surface area contributed by atoms with Gasteiger partial charge in [-0.2, -0.15) is 13.2 Å². The fraction of sp³-hybridized carbons (Fsp3) is 0.316. The molecule has 140 valence electrons. The van der Waals surface area contributed by atoms with Gasteiger partial charge in [0.05, 0.1) is 0 Å². The van der Waals surface area contributed by atoms with Crippen LogP contribution >= 0.6 is 0 Å². The quantitative estimate of drug-likeness (QED) is 0.804. The number of hydrogen-bond acceptors (Lipinski definition) is 3. The van der Waals surface area contributed by atoms with E-state index in [2.05, 4.69) is 10.1 Å². The Morgan fingerprint density at radius 1 is 1.12 bits per heavy atom. The van der Waals surface area contributed by atoms with Gasteiger partial charge in [-0.25, -0.2) is 0 Å². The molecule has 2 rings (SSSR count). The first-order valence-corrected chi connectivity index (χ1v) is 8.02. The standard InChI is InChI=1S/C19H20F3NO3/c1-13-4-3-5-17(10-13)26-14(2)18(24)23-11-15-6-8-16(9-7-15)25-12-19(20,21)22/h3-10,14H,11-12H2,1-2H3,(H,23,24). The third-order valence-electron chi connectivity index (χ3n) is 3.46. The van der Waals surface area contributed by atoms with E-state index in [4.69, 9.17) is 4.74 Å². The maximum Gasteiger partial charge on any atom is 0.422 e. The zero-order valence-electron chi connectivity index (χ0n) is 14.5. The lowest BCUT2D eigenvalue weighted by Crippen LogP contribution is -2.35. The number of carbonyl (C=O) groups excluding carboxylic acids is 1. The number of nitrogens with one attached hydrogen (secondary N) is 1. The summed E-state index contributed by atoms with van der Waals surface area (Å²) in [6, 6.07) is 13.4. The molecule has 26 heavy (non-hydrogen) atoms. The van der Waals surface area contributed by atoms with Crippen LogP contribution in [0.2, 0.25) is 0 Å². The summed E-state index contributed by atoms with van der Waals surface area (Å²) >= 11 is 0. The molecule has 4 nitrogen and oxygen atoms in total. The van der Waals surface area contributed by atoms with Crippen molar-refractivity contribution in [2.24, 2.45) is 0 Å². The molecule has 0 spiro atoms. The van der Waals surface area contributed by atoms with Crippen molar-refractivity contribution in [3.8, 4) is 11.5 Å². The van der Waals surface area contributed by atoms with E-state index in [1.807, 2.05) is 25.1 Å². The predicted octanol–water partition coefficient (Wildman–Crippen LogP) is 4.02. The Kier molecular flexibility index (Phi) is 6.49. The van der Waals surface area contributed by atoms with Crippen LogP contribution in [-0.2, 0) is 11.3 Å². The number of halogens is 3. The molecule has 1 amide bonds. The van der Waals surface area contributed by atoms with E-state index in [1.54, 1.807) is 25.1 Å². The summed E-state index contributed by atoms with van der Waals surface area (Å²) in [6.45, 7) is 2.47. The first-order chi connectivity index (χ1) is 12.2. The molecule has 0 fully saturated rings. The largest absolute Gasteiger partial charge is 0.484 e. The van der Waals surface area contributed by atoms with Crippen LogP contribution in [0.15, 0.2) is 48.5 Å². The Morgan fingerprint density at radius 3 is 2.42 bits per heavy atom. The third kappa shape index (κ3) is 6.66. The monoisotopic (exact) mass is 367 g/mol. The zero-order chi connectivity index (χ0) is 19.2. The number of rotatable bonds is 7. The van der Waals surface area contributed by atoms with E-state index < -0.39 is 18.9 Å². The van der Waals surface area contributed by atoms with Crippen molar-refractivity contribution < 1.29 is 27.4 Å². The summed E-state index contributed by atoms with van der Waals surface area (Å²) in [5.41, 5.74) is 1.77. The number of hydrogen-bond donors (Lipinski definition) is 1. The molecule has 0 saturated carbocycles. The van der Waals surface area contributed by atoms with E-state index in [9.17, 15) is 18.0 Å². The fourth-order valence-corrected chi connectivity index (χ4v) is 2.15. The van der Waals surface area contributed by atoms with Crippen LogP contribution < -0.4 is 14.8 Å². The molecule has 1 atom stereocenters. The molecule has 0 aliphatic carbocycles. The van der Waals surface area contributed by atoms with Crippen LogP contribution in [0.5, 0.6) is 11.5 Å². The van der Waals surface area contributed by atoms with E-state index in [-0.39, 0.29) is 18.2 Å². The van der Waals surface area contributed by atoms with E-state index in [0.29, 0.717) is 5.75 Å². The Bertz CT molecular complexity index is 730. The highest BCUT2D eigenvalue weighted by Crippen LogP contribution is 2.19. The number of amides is 1. The minimum Gasteiger partial charge on any atom is -0.484 e. The summed E-state index contributed by atoms with van der Waals surface area (Å²) in [7, 11) is 0. The van der Waals surface area contributed by atoms with Crippen molar-refractivity contribution in [2.75, 3.05) is 6.61 Å². The van der Waals surface area contributed by atoms with Crippen molar-refractivity contribution in [1.82, 2.24) is 5.32 Å². The SMILES string of the molecule is Cc1cccc(OC(C)C(=O)NCc2ccc(OCC(F)(F)F)cc2)c1. The minimum absolute atomic E-state index is 0.119. The molecule has 2 aromatic rings. The van der Waals surface area contributed by atoms with Crippen molar-refractivity contribution >= 4 is 5.91 Å². The topological polar surface area (TPSA) is 47.6 Å². The lowest BCUT2D eigenvalue weighted by molar-refractivity contribution is -0.153. The molecule has 0 aliphatic heterocycles. The number of alkyl halides is 3. The van der Waals surface area contributed by atoms with Crippen LogP contribution in [0, 0.1) is 6.92 Å². The summed E-state index contributed by atoms with van der Waals surface area (Å²) in [4.78, 5) is 12.1. The Hall–Kier alpha value is -2.70. The van der Waals surface area contributed by atoms with Crippen molar-refractivity contribution in [3.05, 3.63) is 59.7 Å². The Morgan fingerprint density at radius 2 is 1.81 bits per heavy atom. The molecule has 0 bridgehead atoms. The highest BCUT2D eigenvalue weighted by atomic mass is 19.4. The number of carbonyl (C=O) groups is 1. The van der Waals surface area contributed by atoms with E-state index in [0.717, 1.165) is 11.1 Å². The average Bonchev–Trinajstić information content (AvgIpc) is 2.58. The smallest absolute Gasteiger partial charge is 0.422 e. The molecule has 0 heterocycles. The normalized spacial score (nSPS) is 12.3. The molecule has 2 aromatic carbocycles. The third-order valence-corrected chi connectivity index (χ3v) is 3.46. The van der Waals surface area contributed by atoms with Gasteiger partial charge in [-0.05, 0) is 49.2 Å². The van der Waals surface area contributed by atoms with E-state index in [1.165, 1.54) is 12.1 Å². The van der Waals surface area contributed by atoms with Crippen molar-refractivity contribution in [3.63, 3.8) is 0 Å². The van der Waals surface area contributed by atoms with Crippen molar-refractivity contribution in [1.29, 1.82) is 0 Å². The van der Waals surface area contributed by atoms with E-state index >= 15 is 0 Å². The zero-order valence-corrected chi connectivity index (χ0v) is 14.5. The molecular weight excluding hydrogens is 347 g/mol. The molecule has 0 radical (unpaired) electrons. The predicted molar refractivity (Wildman–Crippen MR) is 91.1 cm³/mol. The van der Waals surface area contributed by atoms with Crippen LogP contribution in [0.3, 0.4) is 0 Å². The summed E-state index contributed by atoms with van der Waals surface area (Å²) in [5, 5.41) is 2.72. The molecule has 1 N–H and O–H groups in total. The highest BCUT2D eigenvalue weighted by Gasteiger charge is 2.28. The minimum atomic E-state index is -4.37. The maximum absolute atomic E-state index is 12.1. The van der Waals surface area contributed by atoms with Crippen LogP contribution in [0.4, 0.5) is 13.2 Å². The van der Waals surface area contributed by atoms with Gasteiger partial charge in [0, 0.05) is 6.54 Å². The molecule has 0 aliphatic rings. The van der Waals surface area contributed by atoms with Gasteiger partial charge in [-0.1, -0.05) is 24.3 Å². The molecule has 1 unspecified atom stereocenters. The first-order valence-electron chi connectivity index (χ1n) is 8.02. The van der Waals surface area contributed by atoms with Crippen LogP contribution in [0.25, 0.3) is 0 Å². The van der Waals surface area contributed by atoms with Gasteiger partial charge in [0.25, 0.3) is 5.91 Å². The summed E-state index contributed by atoms with van der Waals surface area (Å²) in [5.74, 6) is 0.441. The second kappa shape index (κ2) is 8.60. The fourth-order valence-electron chi connectivity index (χ4n) is 2.15. The number of benzene rings is 2. The summed E-state index contributed by atoms with van der Waals surface area (Å²) in [6.07, 6.45) is -5.05. The molecule has 0 saturated heterocycles. The molecule has 0 aromatic heterocycles. The lowest BCUT2D eigenvalue weighted by Gasteiger charge is -2.15. The summed E-state index contributed by atoms with van der Waals surface area (Å²) < 4.78 is 46.5. The number of ether oxygens (including phenoxy) is 2. The highest BCUT2D eigenvalue weighted by molar-refractivity contribution is 5.80. The van der Waals surface area contributed by atoms with Gasteiger partial charge >= 0.3 is 6.18 Å². The van der Waals surface area contributed by atoms with Gasteiger partial charge in [0.2, 0.25) is 0 Å². The second-order valence-electron chi connectivity index (χ2n) is 5.84. The van der Waals surface area contributed by atoms with Gasteiger partial charge in [-0.3, -0.25) is 4.79 Å². The second-order valence-corrected chi connectivity index (χ2v) is 5.84. The van der Waals surface area contributed by atoms with Gasteiger partial charge in [-0.15, -0.1) is 0 Å². The Labute approximate surface area is 149 Å².